The van der Waals surface area contributed by atoms with Gasteiger partial charge >= 0.3 is 0 Å². The van der Waals surface area contributed by atoms with Crippen LogP contribution in [0.3, 0.4) is 0 Å². The molecule has 1 saturated heterocycles. The highest BCUT2D eigenvalue weighted by atomic mass is 35.5. The van der Waals surface area contributed by atoms with Crippen LogP contribution in [0.2, 0.25) is 23.2 Å². The standard InChI is InChI=1S/C33H47ClN4O3Si/c1-21-20-37(25-10-11-28(26(34)16-25)41-42(5,6)32(2,3)4)12-13-38(21)29-9-7-8-27(35-29)31(39)36-30-23-14-22-15-24(30)19-33(40,17-22)18-23/h7-11,16,21-24,30,40H,12-15,17-20H2,1-6H3,(H,36,39)/t21-,22?,23?,24?,30?,33?/m1/s1. The molecule has 2 unspecified atom stereocenters. The summed E-state index contributed by atoms with van der Waals surface area (Å²) in [5.41, 5.74) is 1.06. The number of nitrogens with zero attached hydrogens (tertiary/aromatic N) is 3. The van der Waals surface area contributed by atoms with E-state index in [0.717, 1.165) is 69.0 Å². The van der Waals surface area contributed by atoms with Crippen molar-refractivity contribution in [2.75, 3.05) is 29.4 Å². The number of anilines is 2. The molecule has 228 valence electrons. The number of hydrogen-bond acceptors (Lipinski definition) is 6. The number of rotatable bonds is 6. The van der Waals surface area contributed by atoms with Gasteiger partial charge in [0.25, 0.3) is 14.2 Å². The molecule has 0 radical (unpaired) electrons. The first-order valence-electron chi connectivity index (χ1n) is 15.7. The maximum absolute atomic E-state index is 13.4. The Labute approximate surface area is 257 Å². The molecule has 7 nitrogen and oxygen atoms in total. The van der Waals surface area contributed by atoms with Gasteiger partial charge < -0.3 is 24.6 Å². The van der Waals surface area contributed by atoms with Gasteiger partial charge in [-0.3, -0.25) is 4.79 Å². The van der Waals surface area contributed by atoms with E-state index in [1.165, 1.54) is 0 Å². The number of carbonyl (C=O) groups is 1. The van der Waals surface area contributed by atoms with E-state index in [2.05, 4.69) is 62.0 Å². The van der Waals surface area contributed by atoms with Gasteiger partial charge in [0.2, 0.25) is 0 Å². The van der Waals surface area contributed by atoms with Crippen molar-refractivity contribution in [1.82, 2.24) is 10.3 Å². The van der Waals surface area contributed by atoms with E-state index in [4.69, 9.17) is 21.0 Å². The summed E-state index contributed by atoms with van der Waals surface area (Å²) in [6, 6.07) is 12.3. The number of benzene rings is 1. The predicted octanol–water partition coefficient (Wildman–Crippen LogP) is 6.50. The van der Waals surface area contributed by atoms with E-state index in [0.29, 0.717) is 28.5 Å². The molecule has 2 heterocycles. The molecule has 4 aliphatic carbocycles. The first-order chi connectivity index (χ1) is 19.7. The molecule has 2 aromatic rings. The van der Waals surface area contributed by atoms with Crippen LogP contribution in [-0.4, -0.2) is 61.6 Å². The lowest BCUT2D eigenvalue weighted by atomic mass is 9.52. The molecule has 4 saturated carbocycles. The first kappa shape index (κ1) is 29.8. The Kier molecular flexibility index (Phi) is 7.58. The summed E-state index contributed by atoms with van der Waals surface area (Å²) >= 11 is 6.73. The van der Waals surface area contributed by atoms with E-state index in [1.54, 1.807) is 0 Å². The molecule has 0 spiro atoms. The second-order valence-corrected chi connectivity index (χ2v) is 20.2. The van der Waals surface area contributed by atoms with Gasteiger partial charge in [0.1, 0.15) is 17.3 Å². The van der Waals surface area contributed by atoms with Crippen LogP contribution >= 0.6 is 11.6 Å². The summed E-state index contributed by atoms with van der Waals surface area (Å²) < 4.78 is 6.47. The minimum absolute atomic E-state index is 0.0951. The number of aromatic nitrogens is 1. The Bertz CT molecular complexity index is 1330. The Hall–Kier alpha value is -2.29. The van der Waals surface area contributed by atoms with E-state index in [-0.39, 0.29) is 23.0 Å². The predicted molar refractivity (Wildman–Crippen MR) is 172 cm³/mol. The van der Waals surface area contributed by atoms with Gasteiger partial charge in [-0.25, -0.2) is 4.98 Å². The minimum atomic E-state index is -1.98. The number of pyridine rings is 1. The second-order valence-electron chi connectivity index (χ2n) is 15.0. The highest BCUT2D eigenvalue weighted by molar-refractivity contribution is 6.74. The summed E-state index contributed by atoms with van der Waals surface area (Å²) in [5.74, 6) is 2.88. The Morgan fingerprint density at radius 3 is 2.45 bits per heavy atom. The van der Waals surface area contributed by atoms with Crippen molar-refractivity contribution < 1.29 is 14.3 Å². The monoisotopic (exact) mass is 610 g/mol. The highest BCUT2D eigenvalue weighted by Crippen LogP contribution is 2.55. The molecule has 1 amide bonds. The van der Waals surface area contributed by atoms with Crippen LogP contribution in [0.4, 0.5) is 11.5 Å². The van der Waals surface area contributed by atoms with Crippen molar-refractivity contribution in [2.45, 2.75) is 95.6 Å². The fraction of sp³-hybridized carbons (Fsp3) is 0.636. The molecule has 1 aliphatic heterocycles. The number of carbonyl (C=O) groups excluding carboxylic acids is 1. The number of piperazine rings is 1. The van der Waals surface area contributed by atoms with Crippen molar-refractivity contribution in [1.29, 1.82) is 0 Å². The van der Waals surface area contributed by atoms with Crippen LogP contribution in [0.25, 0.3) is 0 Å². The SMILES string of the molecule is C[C@@H]1CN(c2ccc(O[Si](C)(C)C(C)(C)C)c(Cl)c2)CCN1c1cccc(C(=O)NC2C3CC4CC2CC(O)(C4)C3)n1. The van der Waals surface area contributed by atoms with Gasteiger partial charge in [0, 0.05) is 37.4 Å². The van der Waals surface area contributed by atoms with E-state index in [1.807, 2.05) is 30.3 Å². The highest BCUT2D eigenvalue weighted by Gasteiger charge is 2.55. The zero-order valence-electron chi connectivity index (χ0n) is 26.0. The number of hydrogen-bond donors (Lipinski definition) is 2. The molecule has 42 heavy (non-hydrogen) atoms. The van der Waals surface area contributed by atoms with Crippen LogP contribution in [-0.2, 0) is 0 Å². The van der Waals surface area contributed by atoms with Gasteiger partial charge in [-0.05, 0) is 105 Å². The third-order valence-electron chi connectivity index (χ3n) is 10.9. The van der Waals surface area contributed by atoms with Gasteiger partial charge in [0.05, 0.1) is 10.6 Å². The Morgan fingerprint density at radius 2 is 1.83 bits per heavy atom. The zero-order chi connectivity index (χ0) is 30.0. The lowest BCUT2D eigenvalue weighted by Crippen LogP contribution is -2.61. The number of amides is 1. The average molecular weight is 611 g/mol. The molecule has 3 atom stereocenters. The van der Waals surface area contributed by atoms with Crippen LogP contribution in [0.5, 0.6) is 5.75 Å². The van der Waals surface area contributed by atoms with E-state index >= 15 is 0 Å². The van der Waals surface area contributed by atoms with E-state index in [9.17, 15) is 9.90 Å². The number of halogens is 1. The maximum Gasteiger partial charge on any atom is 0.270 e. The molecule has 2 N–H and O–H groups in total. The molecular weight excluding hydrogens is 564 g/mol. The summed E-state index contributed by atoms with van der Waals surface area (Å²) in [7, 11) is -1.98. The smallest absolute Gasteiger partial charge is 0.270 e. The van der Waals surface area contributed by atoms with Gasteiger partial charge in [-0.2, -0.15) is 0 Å². The van der Waals surface area contributed by atoms with Crippen LogP contribution in [0.1, 0.15) is 70.3 Å². The van der Waals surface area contributed by atoms with E-state index < -0.39 is 13.9 Å². The Balaban J connectivity index is 1.09. The first-order valence-corrected chi connectivity index (χ1v) is 19.0. The third-order valence-corrected chi connectivity index (χ3v) is 15.5. The van der Waals surface area contributed by atoms with Crippen LogP contribution in [0, 0.1) is 17.8 Å². The maximum atomic E-state index is 13.4. The minimum Gasteiger partial charge on any atom is -0.543 e. The van der Waals surface area contributed by atoms with Gasteiger partial charge in [-0.15, -0.1) is 0 Å². The topological polar surface area (TPSA) is 77.9 Å². The van der Waals surface area contributed by atoms with Crippen LogP contribution < -0.4 is 19.5 Å². The quantitative estimate of drug-likeness (QED) is 0.363. The third kappa shape index (κ3) is 5.66. The zero-order valence-corrected chi connectivity index (χ0v) is 27.7. The fourth-order valence-electron chi connectivity index (χ4n) is 7.88. The van der Waals surface area contributed by atoms with Gasteiger partial charge in [0.15, 0.2) is 0 Å². The molecule has 5 fully saturated rings. The molecule has 1 aromatic heterocycles. The summed E-state index contributed by atoms with van der Waals surface area (Å²) in [5, 5.41) is 15.0. The lowest BCUT2D eigenvalue weighted by molar-refractivity contribution is -0.136. The molecule has 9 heteroatoms. The van der Waals surface area contributed by atoms with Crippen molar-refractivity contribution in [2.24, 2.45) is 17.8 Å². The molecular formula is C33H47ClN4O3Si. The molecule has 4 bridgehead atoms. The van der Waals surface area contributed by atoms with Crippen LogP contribution in [0.15, 0.2) is 36.4 Å². The molecule has 5 aliphatic rings. The summed E-state index contributed by atoms with van der Waals surface area (Å²) in [4.78, 5) is 22.9. The number of aliphatic hydroxyl groups is 1. The molecule has 7 rings (SSSR count). The number of nitrogens with one attached hydrogen (secondary N) is 1. The van der Waals surface area contributed by atoms with Crippen molar-refractivity contribution in [3.05, 3.63) is 47.1 Å². The second kappa shape index (κ2) is 10.7. The Morgan fingerprint density at radius 1 is 1.12 bits per heavy atom. The van der Waals surface area contributed by atoms with Gasteiger partial charge in [-0.1, -0.05) is 38.4 Å². The average Bonchev–Trinajstić information content (AvgIpc) is 2.90. The summed E-state index contributed by atoms with van der Waals surface area (Å²) in [6.45, 7) is 15.8. The largest absolute Gasteiger partial charge is 0.543 e. The summed E-state index contributed by atoms with van der Waals surface area (Å²) in [6.07, 6.45) is 4.82. The lowest BCUT2D eigenvalue weighted by Gasteiger charge is -2.58. The van der Waals surface area contributed by atoms with Crippen molar-refractivity contribution >= 4 is 37.3 Å². The normalized spacial score (nSPS) is 30.9. The van der Waals surface area contributed by atoms with Crippen molar-refractivity contribution in [3.8, 4) is 5.75 Å². The molecule has 1 aromatic carbocycles. The fourth-order valence-corrected chi connectivity index (χ4v) is 9.19. The van der Waals surface area contributed by atoms with Crippen molar-refractivity contribution in [3.63, 3.8) is 0 Å².